The van der Waals surface area contributed by atoms with E-state index in [0.717, 1.165) is 0 Å². The van der Waals surface area contributed by atoms with Crippen molar-refractivity contribution in [2.24, 2.45) is 32.5 Å². The maximum absolute atomic E-state index is 4.12. The Labute approximate surface area is 319 Å². The van der Waals surface area contributed by atoms with Crippen molar-refractivity contribution in [3.05, 3.63) is 48.0 Å². The van der Waals surface area contributed by atoms with E-state index in [1.165, 1.54) is 34.8 Å². The summed E-state index contributed by atoms with van der Waals surface area (Å²) in [5.41, 5.74) is 3.45. The molecule has 0 heterocycles. The third-order valence-corrected chi connectivity index (χ3v) is 11.9. The number of allylic oxidation sites excluding steroid dienone is 2. The van der Waals surface area contributed by atoms with Gasteiger partial charge in [0.2, 0.25) is 0 Å². The molecule has 0 saturated carbocycles. The predicted octanol–water partition coefficient (Wildman–Crippen LogP) is 5.70. The maximum atomic E-state index is 4.12. The maximum Gasteiger partial charge on any atom is 1.00 e. The normalized spacial score (nSPS) is 12.6. The molecule has 0 rings (SSSR count). The molecule has 0 unspecified atom stereocenters. The molecule has 0 bridgehead atoms. The molecule has 0 aromatic heterocycles. The minimum absolute atomic E-state index is 0. The molecule has 0 atom stereocenters. The van der Waals surface area contributed by atoms with Crippen molar-refractivity contribution in [2.45, 2.75) is 138 Å². The summed E-state index contributed by atoms with van der Waals surface area (Å²) < 4.78 is 0. The van der Waals surface area contributed by atoms with Crippen molar-refractivity contribution in [3.63, 3.8) is 0 Å². The number of hydrogen-bond acceptors (Lipinski definition) is 0. The van der Waals surface area contributed by atoms with E-state index in [4.69, 9.17) is 0 Å². The summed E-state index contributed by atoms with van der Waals surface area (Å²) in [6.07, 6.45) is 0. The summed E-state index contributed by atoms with van der Waals surface area (Å²) in [7, 11) is 0. The van der Waals surface area contributed by atoms with E-state index in [2.05, 4.69) is 152 Å². The Bertz CT molecular complexity index is 635. The predicted molar refractivity (Wildman–Crippen MR) is 159 cm³/mol. The second-order valence-electron chi connectivity index (χ2n) is 14.6. The summed E-state index contributed by atoms with van der Waals surface area (Å²) in [5, 5.41) is 0. The van der Waals surface area contributed by atoms with Gasteiger partial charge in [0.1, 0.15) is 0 Å². The molecule has 0 aliphatic carbocycles. The van der Waals surface area contributed by atoms with Crippen LogP contribution in [0.1, 0.15) is 138 Å². The van der Waals surface area contributed by atoms with Gasteiger partial charge in [0.25, 0.3) is 0 Å². The molecule has 0 aliphatic heterocycles. The molecule has 0 aliphatic rings. The molecule has 38 heavy (non-hydrogen) atoms. The van der Waals surface area contributed by atoms with E-state index in [0.29, 0.717) is 0 Å². The molecule has 0 aromatic rings. The zero-order valence-electron chi connectivity index (χ0n) is 30.3. The molecule has 0 N–H and O–H groups in total. The summed E-state index contributed by atoms with van der Waals surface area (Å²) in [5.74, 6) is 5.81. The van der Waals surface area contributed by atoms with Gasteiger partial charge in [-0.2, -0.15) is 38.5 Å². The second kappa shape index (κ2) is 18.5. The van der Waals surface area contributed by atoms with Gasteiger partial charge in [-0.1, -0.05) is 119 Å². The van der Waals surface area contributed by atoms with E-state index >= 15 is 0 Å². The van der Waals surface area contributed by atoms with Crippen molar-refractivity contribution in [1.29, 1.82) is 0 Å². The fourth-order valence-electron chi connectivity index (χ4n) is 4.82. The van der Waals surface area contributed by atoms with Gasteiger partial charge in [-0.25, -0.2) is 36.1 Å². The summed E-state index contributed by atoms with van der Waals surface area (Å²) in [6, 6.07) is 0. The SMILES string of the molecule is C=C(C)[C-](C)C(C)(C)C(C)(C)C(C)(C)[C-](C)C.C=C(C)[C-](C)C(C)(C)C(C)(C)C(C)(C)[C-](C)C.[Na+].[Na+].[Nb].[Nb]. The third kappa shape index (κ3) is 11.0. The largest absolute Gasteiger partial charge is 1.00 e. The fraction of sp³-hybridized carbons (Fsp3) is 0.765. The smallest absolute Gasteiger partial charge is 0.314 e. The van der Waals surface area contributed by atoms with Crippen LogP contribution < -0.4 is 59.1 Å². The molecule has 4 heteroatoms. The average molecular weight is 705 g/mol. The topological polar surface area (TPSA) is 0 Å². The van der Waals surface area contributed by atoms with Crippen molar-refractivity contribution in [3.8, 4) is 0 Å². The van der Waals surface area contributed by atoms with Crippen LogP contribution in [0, 0.1) is 56.2 Å². The van der Waals surface area contributed by atoms with Crippen LogP contribution in [-0.4, -0.2) is 0 Å². The zero-order valence-corrected chi connectivity index (χ0v) is 38.7. The first-order valence-corrected chi connectivity index (χ1v) is 13.2. The van der Waals surface area contributed by atoms with Crippen LogP contribution in [0.15, 0.2) is 24.3 Å². The van der Waals surface area contributed by atoms with Gasteiger partial charge in [0.15, 0.2) is 0 Å². The van der Waals surface area contributed by atoms with Gasteiger partial charge in [-0.3, -0.25) is 0 Å². The van der Waals surface area contributed by atoms with E-state index in [1.807, 2.05) is 0 Å². The summed E-state index contributed by atoms with van der Waals surface area (Å²) in [4.78, 5) is 0. The second-order valence-corrected chi connectivity index (χ2v) is 14.6. The monoisotopic (exact) mass is 704 g/mol. The van der Waals surface area contributed by atoms with Crippen molar-refractivity contribution < 1.29 is 104 Å². The summed E-state index contributed by atoms with van der Waals surface area (Å²) >= 11 is 0. The quantitative estimate of drug-likeness (QED) is 0.202. The van der Waals surface area contributed by atoms with Crippen LogP contribution in [0.2, 0.25) is 0 Å². The first-order chi connectivity index (χ1) is 14.6. The van der Waals surface area contributed by atoms with Crippen LogP contribution in [0.3, 0.4) is 0 Å². The van der Waals surface area contributed by atoms with Gasteiger partial charge in [0, 0.05) is 44.8 Å². The zero-order chi connectivity index (χ0) is 28.5. The first-order valence-electron chi connectivity index (χ1n) is 13.2. The molecular weight excluding hydrogens is 640 g/mol. The molecule has 0 aromatic carbocycles. The molecule has 2 radical (unpaired) electrons. The third-order valence-electron chi connectivity index (χ3n) is 11.9. The Morgan fingerprint density at radius 2 is 0.579 bits per heavy atom. The Balaban J connectivity index is -0.000000122. The van der Waals surface area contributed by atoms with Crippen molar-refractivity contribution in [1.82, 2.24) is 0 Å². The minimum atomic E-state index is 0. The van der Waals surface area contributed by atoms with Crippen LogP contribution in [-0.2, 0) is 44.8 Å². The standard InChI is InChI=1S/2C17H32.2Na.2Nb/c2*1-12(2)14(5)16(8,9)17(10,11)15(6,7)13(3)4;;;;/h2*1H2,2-11H3;;;;/q2*-2;2*+1;;. The van der Waals surface area contributed by atoms with E-state index in [1.54, 1.807) is 0 Å². The van der Waals surface area contributed by atoms with E-state index in [9.17, 15) is 0 Å². The molecule has 0 fully saturated rings. The van der Waals surface area contributed by atoms with Gasteiger partial charge >= 0.3 is 59.1 Å². The van der Waals surface area contributed by atoms with Gasteiger partial charge in [0.05, 0.1) is 0 Å². The van der Waals surface area contributed by atoms with Crippen LogP contribution in [0.25, 0.3) is 0 Å². The first kappa shape index (κ1) is 53.3. The Morgan fingerprint density at radius 3 is 0.684 bits per heavy atom. The number of hydrogen-bond donors (Lipinski definition) is 0. The minimum Gasteiger partial charge on any atom is -0.314 e. The number of rotatable bonds is 10. The van der Waals surface area contributed by atoms with Crippen LogP contribution in [0.5, 0.6) is 0 Å². The molecule has 0 spiro atoms. The van der Waals surface area contributed by atoms with Crippen LogP contribution in [0.4, 0.5) is 0 Å². The molecule has 0 saturated heterocycles. The molecular formula is C34H64Na2Nb2-2. The van der Waals surface area contributed by atoms with Gasteiger partial charge in [-0.15, -0.1) is 13.8 Å². The molecule has 214 valence electrons. The van der Waals surface area contributed by atoms with Gasteiger partial charge in [-0.05, 0) is 0 Å². The Morgan fingerprint density at radius 1 is 0.421 bits per heavy atom. The Kier molecular flexibility index (Phi) is 25.9. The van der Waals surface area contributed by atoms with Crippen LogP contribution >= 0.6 is 0 Å². The average Bonchev–Trinajstić information content (AvgIpc) is 2.65. The molecule has 0 amide bonds. The van der Waals surface area contributed by atoms with Crippen molar-refractivity contribution in [2.75, 3.05) is 0 Å². The summed E-state index contributed by atoms with van der Waals surface area (Å²) in [6.45, 7) is 54.2. The van der Waals surface area contributed by atoms with Gasteiger partial charge < -0.3 is 11.8 Å². The fourth-order valence-corrected chi connectivity index (χ4v) is 4.82. The van der Waals surface area contributed by atoms with E-state index in [-0.39, 0.29) is 136 Å². The molecule has 0 nitrogen and oxygen atoms in total. The van der Waals surface area contributed by atoms with E-state index < -0.39 is 0 Å². The Hall–Kier alpha value is 2.70. The van der Waals surface area contributed by atoms with Crippen molar-refractivity contribution >= 4 is 0 Å².